The smallest absolute Gasteiger partial charge is 0.392 e. The Labute approximate surface area is 303 Å². The summed E-state index contributed by atoms with van der Waals surface area (Å²) in [6, 6.07) is 0. The van der Waals surface area contributed by atoms with E-state index in [2.05, 4.69) is 29.9 Å². The van der Waals surface area contributed by atoms with Crippen molar-refractivity contribution in [3.63, 3.8) is 0 Å². The maximum atomic E-state index is 16.6. The predicted molar refractivity (Wildman–Crippen MR) is 179 cm³/mol. The first kappa shape index (κ1) is 38.1. The minimum absolute atomic E-state index is 0.0251. The van der Waals surface area contributed by atoms with Crippen molar-refractivity contribution in [1.82, 2.24) is 39.0 Å². The van der Waals surface area contributed by atoms with Crippen LogP contribution in [0.2, 0.25) is 0 Å². The van der Waals surface area contributed by atoms with Gasteiger partial charge in [-0.2, -0.15) is 0 Å². The predicted octanol–water partition coefficient (Wildman–Crippen LogP) is 3.38. The SMILES string of the molecule is Cc1ncnc2c1ncn2[C@@H]1O[C@@H]2COP(=O)(O)CO[C@H]3[C@@H](F)[C@H](n4cnc5c(N)ncnc54)O[C@@H]3COP(=O)(SCOC(=O)C(C)(C)C)O[C@H]2[C@H]1F. The fourth-order valence-corrected chi connectivity index (χ4v) is 9.43. The Kier molecular flexibility index (Phi) is 10.4. The van der Waals surface area contributed by atoms with Crippen molar-refractivity contribution < 1.29 is 60.1 Å². The molecular weight excluding hydrogens is 770 g/mol. The van der Waals surface area contributed by atoms with E-state index < -0.39 is 100 Å². The van der Waals surface area contributed by atoms with E-state index in [0.29, 0.717) is 22.6 Å². The number of nitrogens with two attached hydrogens (primary N) is 1. The van der Waals surface area contributed by atoms with Gasteiger partial charge >= 0.3 is 20.4 Å². The maximum Gasteiger partial charge on any atom is 0.392 e. The molecule has 20 nitrogen and oxygen atoms in total. The number of carbonyl (C=O) groups is 1. The van der Waals surface area contributed by atoms with Crippen LogP contribution in [0.4, 0.5) is 14.6 Å². The van der Waals surface area contributed by atoms with Crippen molar-refractivity contribution in [3.8, 4) is 0 Å². The molecule has 10 atom stereocenters. The highest BCUT2D eigenvalue weighted by atomic mass is 32.7. The van der Waals surface area contributed by atoms with Crippen LogP contribution in [0.5, 0.6) is 0 Å². The third-order valence-electron chi connectivity index (χ3n) is 8.54. The quantitative estimate of drug-likeness (QED) is 0.167. The Morgan fingerprint density at radius 3 is 2.21 bits per heavy atom. The lowest BCUT2D eigenvalue weighted by Crippen LogP contribution is -2.35. The van der Waals surface area contributed by atoms with Gasteiger partial charge in [0.1, 0.15) is 60.4 Å². The minimum Gasteiger partial charge on any atom is -0.454 e. The standard InChI is InChI=1S/C28H35F2N9O11P2S/c1-13-18-23(34-7-32-13)38(9-36-18)26-17(30)21-15(49-26)5-46-51(41,42)11-44-20-14(6-47-52(43,50-21)53-12-45-27(40)28(2,3)4)48-25(16(20)29)39-10-37-19-22(31)33-8-35-24(19)39/h7-10,14-17,20-21,25-26H,5-6,11-12H2,1-4H3,(H,41,42)(H2,31,33,35)/t14-,15-,16-,17-,20-,21-,25-,26-,52?/m1/s1. The van der Waals surface area contributed by atoms with E-state index in [4.69, 9.17) is 38.3 Å². The van der Waals surface area contributed by atoms with Crippen LogP contribution in [0.25, 0.3) is 22.3 Å². The van der Waals surface area contributed by atoms with Gasteiger partial charge in [-0.3, -0.25) is 27.5 Å². The molecule has 3 fully saturated rings. The van der Waals surface area contributed by atoms with Crippen LogP contribution in [-0.4, -0.2) is 112 Å². The van der Waals surface area contributed by atoms with Crippen molar-refractivity contribution in [2.45, 2.75) is 76.9 Å². The lowest BCUT2D eigenvalue weighted by molar-refractivity contribution is -0.150. The third kappa shape index (κ3) is 7.56. The van der Waals surface area contributed by atoms with E-state index in [1.54, 1.807) is 27.7 Å². The van der Waals surface area contributed by atoms with E-state index in [9.17, 15) is 18.8 Å². The molecule has 4 aromatic heterocycles. The first-order chi connectivity index (χ1) is 25.1. The summed E-state index contributed by atoms with van der Waals surface area (Å²) in [7, 11) is -4.70. The van der Waals surface area contributed by atoms with Crippen LogP contribution in [0.15, 0.2) is 25.3 Å². The number of nitrogen functional groups attached to an aromatic ring is 1. The summed E-state index contributed by atoms with van der Waals surface area (Å²) in [5.74, 6) is -1.17. The molecule has 2 unspecified atom stereocenters. The zero-order valence-electron chi connectivity index (χ0n) is 28.5. The minimum atomic E-state index is -4.70. The summed E-state index contributed by atoms with van der Waals surface area (Å²) in [5, 5.41) is 0. The normalized spacial score (nSPS) is 34.2. The number of aryl methyl sites for hydroxylation is 1. The Bertz CT molecular complexity index is 2110. The van der Waals surface area contributed by atoms with Gasteiger partial charge in [0.15, 0.2) is 41.9 Å². The molecule has 0 aliphatic carbocycles. The van der Waals surface area contributed by atoms with Gasteiger partial charge in [-0.15, -0.1) is 0 Å². The van der Waals surface area contributed by atoms with E-state index in [1.165, 1.54) is 28.1 Å². The Morgan fingerprint density at radius 2 is 1.53 bits per heavy atom. The van der Waals surface area contributed by atoms with E-state index in [-0.39, 0.29) is 22.6 Å². The first-order valence-corrected chi connectivity index (χ1v) is 20.9. The molecule has 53 heavy (non-hydrogen) atoms. The topological polar surface area (TPSA) is 249 Å². The second-order valence-corrected chi connectivity index (χ2v) is 19.1. The zero-order chi connectivity index (χ0) is 37.9. The van der Waals surface area contributed by atoms with Gasteiger partial charge in [0, 0.05) is 11.4 Å². The van der Waals surface area contributed by atoms with Crippen LogP contribution in [0.3, 0.4) is 0 Å². The van der Waals surface area contributed by atoms with Crippen molar-refractivity contribution in [3.05, 3.63) is 31.0 Å². The molecule has 7 heterocycles. The second kappa shape index (κ2) is 14.4. The number of anilines is 1. The molecule has 3 aliphatic heterocycles. The number of rotatable bonds is 5. The number of fused-ring (bicyclic) bond motifs is 4. The maximum absolute atomic E-state index is 16.6. The average Bonchev–Trinajstić information content (AvgIpc) is 3.86. The number of esters is 1. The molecular formula is C28H35F2N9O11P2S. The average molecular weight is 806 g/mol. The summed E-state index contributed by atoms with van der Waals surface area (Å²) < 4.78 is 103. The number of hydrogen-bond donors (Lipinski definition) is 2. The Balaban J connectivity index is 1.20. The number of carbonyl (C=O) groups excluding carboxylic acids is 1. The van der Waals surface area contributed by atoms with Crippen LogP contribution in [0.1, 0.15) is 38.9 Å². The van der Waals surface area contributed by atoms with Crippen molar-refractivity contribution >= 4 is 59.9 Å². The zero-order valence-corrected chi connectivity index (χ0v) is 31.1. The molecule has 25 heteroatoms. The number of hydrogen-bond acceptors (Lipinski definition) is 18. The van der Waals surface area contributed by atoms with Crippen LogP contribution in [0, 0.1) is 12.3 Å². The van der Waals surface area contributed by atoms with E-state index >= 15 is 8.78 Å². The molecule has 3 N–H and O–H groups in total. The lowest BCUT2D eigenvalue weighted by atomic mass is 9.98. The first-order valence-electron chi connectivity index (χ1n) is 16.0. The van der Waals surface area contributed by atoms with Gasteiger partial charge in [0.2, 0.25) is 0 Å². The fraction of sp³-hybridized carbons (Fsp3) is 0.607. The van der Waals surface area contributed by atoms with Crippen molar-refractivity contribution in [2.24, 2.45) is 5.41 Å². The molecule has 0 spiro atoms. The molecule has 4 aromatic rings. The van der Waals surface area contributed by atoms with Gasteiger partial charge in [-0.25, -0.2) is 43.2 Å². The van der Waals surface area contributed by atoms with E-state index in [1.807, 2.05) is 0 Å². The monoisotopic (exact) mass is 805 g/mol. The van der Waals surface area contributed by atoms with Crippen LogP contribution in [-0.2, 0) is 46.4 Å². The van der Waals surface area contributed by atoms with Gasteiger partial charge in [-0.05, 0) is 27.7 Å². The van der Waals surface area contributed by atoms with Crippen LogP contribution >= 0.6 is 25.8 Å². The van der Waals surface area contributed by atoms with Gasteiger partial charge in [0.05, 0.1) is 37.0 Å². The number of imidazole rings is 2. The molecule has 0 saturated carbocycles. The van der Waals surface area contributed by atoms with Gasteiger partial charge in [-0.1, -0.05) is 0 Å². The molecule has 7 rings (SSSR count). The molecule has 3 saturated heterocycles. The molecule has 0 radical (unpaired) electrons. The molecule has 3 aliphatic rings. The van der Waals surface area contributed by atoms with Crippen molar-refractivity contribution in [1.29, 1.82) is 0 Å². The molecule has 0 amide bonds. The van der Waals surface area contributed by atoms with Gasteiger partial charge in [0.25, 0.3) is 0 Å². The van der Waals surface area contributed by atoms with Crippen LogP contribution < -0.4 is 5.73 Å². The third-order valence-corrected chi connectivity index (χ3v) is 12.9. The highest BCUT2D eigenvalue weighted by Gasteiger charge is 2.54. The summed E-state index contributed by atoms with van der Waals surface area (Å²) >= 11 is 0.416. The Hall–Kier alpha value is -3.24. The highest BCUT2D eigenvalue weighted by Crippen LogP contribution is 2.63. The molecule has 0 bridgehead atoms. The number of ether oxygens (including phenoxy) is 4. The van der Waals surface area contributed by atoms with Crippen molar-refractivity contribution in [2.75, 3.05) is 31.2 Å². The molecule has 288 valence electrons. The lowest BCUT2D eigenvalue weighted by Gasteiger charge is -2.26. The summed E-state index contributed by atoms with van der Waals surface area (Å²) in [5.41, 5.74) is 6.32. The molecule has 0 aromatic carbocycles. The largest absolute Gasteiger partial charge is 0.454 e. The highest BCUT2D eigenvalue weighted by molar-refractivity contribution is 8.55. The fourth-order valence-electron chi connectivity index (χ4n) is 5.82. The number of aromatic nitrogens is 8. The number of nitrogens with zero attached hydrogens (tertiary/aromatic N) is 8. The summed E-state index contributed by atoms with van der Waals surface area (Å²) in [6.45, 7) is 0.427. The number of alkyl halides is 2. The second-order valence-electron chi connectivity index (χ2n) is 13.3. The summed E-state index contributed by atoms with van der Waals surface area (Å²) in [4.78, 5) is 47.9. The Morgan fingerprint density at radius 1 is 0.943 bits per heavy atom. The number of halogens is 2. The van der Waals surface area contributed by atoms with Gasteiger partial charge < -0.3 is 34.1 Å². The van der Waals surface area contributed by atoms with E-state index in [0.717, 1.165) is 6.33 Å². The summed E-state index contributed by atoms with van der Waals surface area (Å²) in [6.07, 6.45) is -9.52.